The summed E-state index contributed by atoms with van der Waals surface area (Å²) in [5.41, 5.74) is 0.367. The molecule has 26 heavy (non-hydrogen) atoms. The number of rotatable bonds is 3. The SMILES string of the molecule is N#Cc1nccnc1N1CCN(c2nccc(N3CCOCC3)n2)CC1. The highest BCUT2D eigenvalue weighted by Gasteiger charge is 2.23. The number of morpholine rings is 1. The van der Waals surface area contributed by atoms with Crippen molar-refractivity contribution >= 4 is 17.6 Å². The molecule has 0 bridgehead atoms. The van der Waals surface area contributed by atoms with Gasteiger partial charge in [0.2, 0.25) is 5.95 Å². The molecule has 0 aromatic carbocycles. The summed E-state index contributed by atoms with van der Waals surface area (Å²) < 4.78 is 5.41. The molecule has 0 saturated carbocycles. The smallest absolute Gasteiger partial charge is 0.227 e. The van der Waals surface area contributed by atoms with Crippen LogP contribution in [0.25, 0.3) is 0 Å². The molecule has 0 amide bonds. The van der Waals surface area contributed by atoms with Crippen molar-refractivity contribution in [1.82, 2.24) is 19.9 Å². The van der Waals surface area contributed by atoms with Gasteiger partial charge >= 0.3 is 0 Å². The van der Waals surface area contributed by atoms with Gasteiger partial charge in [0.25, 0.3) is 0 Å². The van der Waals surface area contributed by atoms with Crippen molar-refractivity contribution in [1.29, 1.82) is 5.26 Å². The number of ether oxygens (including phenoxy) is 1. The van der Waals surface area contributed by atoms with Gasteiger partial charge in [0.05, 0.1) is 13.2 Å². The van der Waals surface area contributed by atoms with E-state index in [1.54, 1.807) is 12.4 Å². The average molecular weight is 352 g/mol. The molecule has 0 unspecified atom stereocenters. The van der Waals surface area contributed by atoms with E-state index in [1.165, 1.54) is 0 Å². The van der Waals surface area contributed by atoms with Crippen molar-refractivity contribution in [3.05, 3.63) is 30.4 Å². The third-order valence-electron chi connectivity index (χ3n) is 4.61. The van der Waals surface area contributed by atoms with E-state index in [0.29, 0.717) is 11.5 Å². The first-order valence-corrected chi connectivity index (χ1v) is 8.72. The zero-order chi connectivity index (χ0) is 17.8. The maximum absolute atomic E-state index is 9.21. The van der Waals surface area contributed by atoms with Crippen molar-refractivity contribution < 1.29 is 4.74 Å². The predicted molar refractivity (Wildman–Crippen MR) is 96.2 cm³/mol. The Labute approximate surface area is 151 Å². The van der Waals surface area contributed by atoms with Crippen molar-refractivity contribution in [2.24, 2.45) is 0 Å². The predicted octanol–water partition coefficient (Wildman–Crippen LogP) is 0.301. The molecule has 4 heterocycles. The quantitative estimate of drug-likeness (QED) is 0.773. The van der Waals surface area contributed by atoms with Crippen molar-refractivity contribution in [3.8, 4) is 6.07 Å². The summed E-state index contributed by atoms with van der Waals surface area (Å²) >= 11 is 0. The van der Waals surface area contributed by atoms with Gasteiger partial charge in [-0.2, -0.15) is 10.2 Å². The van der Waals surface area contributed by atoms with Gasteiger partial charge in [0.15, 0.2) is 11.5 Å². The Kier molecular flexibility index (Phi) is 4.75. The number of piperazine rings is 1. The number of aromatic nitrogens is 4. The first-order chi connectivity index (χ1) is 12.8. The Morgan fingerprint density at radius 2 is 1.58 bits per heavy atom. The Hall–Kier alpha value is -2.99. The second-order valence-electron chi connectivity index (χ2n) is 6.13. The fourth-order valence-electron chi connectivity index (χ4n) is 3.22. The Balaban J connectivity index is 1.44. The van der Waals surface area contributed by atoms with Gasteiger partial charge in [-0.05, 0) is 6.07 Å². The van der Waals surface area contributed by atoms with Crippen LogP contribution in [-0.2, 0) is 4.74 Å². The van der Waals surface area contributed by atoms with Crippen LogP contribution in [-0.4, -0.2) is 72.4 Å². The molecule has 2 aromatic rings. The summed E-state index contributed by atoms with van der Waals surface area (Å²) in [5.74, 6) is 2.34. The summed E-state index contributed by atoms with van der Waals surface area (Å²) in [6.07, 6.45) is 4.98. The van der Waals surface area contributed by atoms with Gasteiger partial charge < -0.3 is 19.4 Å². The molecule has 9 nitrogen and oxygen atoms in total. The minimum Gasteiger partial charge on any atom is -0.378 e. The molecular formula is C17H20N8O. The van der Waals surface area contributed by atoms with E-state index in [-0.39, 0.29) is 0 Å². The molecule has 9 heteroatoms. The maximum atomic E-state index is 9.21. The molecule has 4 rings (SSSR count). The summed E-state index contributed by atoms with van der Waals surface area (Å²) in [6.45, 7) is 6.22. The fraction of sp³-hybridized carbons (Fsp3) is 0.471. The lowest BCUT2D eigenvalue weighted by Gasteiger charge is -2.36. The van der Waals surface area contributed by atoms with E-state index in [2.05, 4.69) is 35.7 Å². The maximum Gasteiger partial charge on any atom is 0.227 e. The van der Waals surface area contributed by atoms with Crippen LogP contribution in [0, 0.1) is 11.3 Å². The lowest BCUT2D eigenvalue weighted by atomic mass is 10.3. The zero-order valence-corrected chi connectivity index (χ0v) is 14.5. The lowest BCUT2D eigenvalue weighted by molar-refractivity contribution is 0.122. The van der Waals surface area contributed by atoms with Gasteiger partial charge in [-0.3, -0.25) is 0 Å². The van der Waals surface area contributed by atoms with Crippen LogP contribution in [0.15, 0.2) is 24.7 Å². The fourth-order valence-corrected chi connectivity index (χ4v) is 3.22. The molecule has 2 aliphatic rings. The van der Waals surface area contributed by atoms with Crippen molar-refractivity contribution in [2.75, 3.05) is 67.2 Å². The third kappa shape index (κ3) is 3.36. The molecule has 2 aromatic heterocycles. The topological polar surface area (TPSA) is 94.3 Å². The molecule has 2 aliphatic heterocycles. The van der Waals surface area contributed by atoms with Crippen LogP contribution >= 0.6 is 0 Å². The van der Waals surface area contributed by atoms with Gasteiger partial charge in [-0.15, -0.1) is 0 Å². The highest BCUT2D eigenvalue weighted by Crippen LogP contribution is 2.20. The van der Waals surface area contributed by atoms with Crippen molar-refractivity contribution in [3.63, 3.8) is 0 Å². The summed E-state index contributed by atoms with van der Waals surface area (Å²) in [4.78, 5) is 24.1. The molecule has 2 fully saturated rings. The van der Waals surface area contributed by atoms with Crippen LogP contribution in [0.1, 0.15) is 5.69 Å². The highest BCUT2D eigenvalue weighted by atomic mass is 16.5. The standard InChI is InChI=1S/C17H20N8O/c18-13-14-16(20-4-3-19-14)24-5-7-25(8-6-24)17-21-2-1-15(22-17)23-9-11-26-12-10-23/h1-4H,5-12H2. The molecule has 0 aliphatic carbocycles. The molecular weight excluding hydrogens is 332 g/mol. The first-order valence-electron chi connectivity index (χ1n) is 8.72. The minimum atomic E-state index is 0.367. The van der Waals surface area contributed by atoms with E-state index in [1.807, 2.05) is 12.3 Å². The number of hydrogen-bond acceptors (Lipinski definition) is 9. The summed E-state index contributed by atoms with van der Waals surface area (Å²) in [6, 6.07) is 4.06. The third-order valence-corrected chi connectivity index (χ3v) is 4.61. The largest absolute Gasteiger partial charge is 0.378 e. The Morgan fingerprint density at radius 1 is 0.846 bits per heavy atom. The van der Waals surface area contributed by atoms with Crippen LogP contribution < -0.4 is 14.7 Å². The summed E-state index contributed by atoms with van der Waals surface area (Å²) in [5, 5.41) is 9.21. The highest BCUT2D eigenvalue weighted by molar-refractivity contribution is 5.51. The monoisotopic (exact) mass is 352 g/mol. The summed E-state index contributed by atoms with van der Waals surface area (Å²) in [7, 11) is 0. The number of nitriles is 1. The second-order valence-corrected chi connectivity index (χ2v) is 6.13. The second kappa shape index (κ2) is 7.49. The molecule has 134 valence electrons. The lowest BCUT2D eigenvalue weighted by Crippen LogP contribution is -2.47. The van der Waals surface area contributed by atoms with Gasteiger partial charge in [-0.1, -0.05) is 0 Å². The number of hydrogen-bond donors (Lipinski definition) is 0. The molecule has 0 radical (unpaired) electrons. The minimum absolute atomic E-state index is 0.367. The molecule has 0 spiro atoms. The van der Waals surface area contributed by atoms with Gasteiger partial charge in [-0.25, -0.2) is 15.0 Å². The Morgan fingerprint density at radius 3 is 2.35 bits per heavy atom. The van der Waals surface area contributed by atoms with E-state index in [0.717, 1.165) is 64.2 Å². The van der Waals surface area contributed by atoms with Gasteiger partial charge in [0.1, 0.15) is 11.9 Å². The van der Waals surface area contributed by atoms with Crippen LogP contribution in [0.4, 0.5) is 17.6 Å². The first kappa shape index (κ1) is 16.5. The van der Waals surface area contributed by atoms with E-state index in [9.17, 15) is 5.26 Å². The van der Waals surface area contributed by atoms with E-state index < -0.39 is 0 Å². The van der Waals surface area contributed by atoms with Crippen molar-refractivity contribution in [2.45, 2.75) is 0 Å². The zero-order valence-electron chi connectivity index (χ0n) is 14.5. The van der Waals surface area contributed by atoms with E-state index >= 15 is 0 Å². The normalized spacial score (nSPS) is 17.9. The Bertz CT molecular complexity index is 793. The number of anilines is 3. The average Bonchev–Trinajstić information content (AvgIpc) is 2.74. The van der Waals surface area contributed by atoms with Crippen LogP contribution in [0.2, 0.25) is 0 Å². The molecule has 2 saturated heterocycles. The van der Waals surface area contributed by atoms with Crippen LogP contribution in [0.5, 0.6) is 0 Å². The molecule has 0 N–H and O–H groups in total. The number of nitrogens with zero attached hydrogens (tertiary/aromatic N) is 8. The molecule has 0 atom stereocenters. The van der Waals surface area contributed by atoms with E-state index in [4.69, 9.17) is 9.72 Å². The van der Waals surface area contributed by atoms with Gasteiger partial charge in [0, 0.05) is 57.9 Å². The van der Waals surface area contributed by atoms with Crippen LogP contribution in [0.3, 0.4) is 0 Å².